The molecule has 0 unspecified atom stereocenters. The third kappa shape index (κ3) is 3.31. The lowest BCUT2D eigenvalue weighted by Crippen LogP contribution is -2.15. The van der Waals surface area contributed by atoms with Crippen LogP contribution in [-0.4, -0.2) is 32.6 Å². The van der Waals surface area contributed by atoms with E-state index in [9.17, 15) is 9.59 Å². The zero-order valence-electron chi connectivity index (χ0n) is 11.9. The van der Waals surface area contributed by atoms with Crippen LogP contribution in [0.2, 0.25) is 0 Å². The van der Waals surface area contributed by atoms with E-state index in [4.69, 9.17) is 14.2 Å². The highest BCUT2D eigenvalue weighted by Crippen LogP contribution is 2.29. The van der Waals surface area contributed by atoms with E-state index in [-0.39, 0.29) is 13.2 Å². The number of hydrogen-bond acceptors (Lipinski definition) is 5. The molecule has 0 saturated heterocycles. The van der Waals surface area contributed by atoms with Crippen molar-refractivity contribution in [1.29, 1.82) is 0 Å². The summed E-state index contributed by atoms with van der Waals surface area (Å²) in [5, 5.41) is 1.60. The number of fused-ring (bicyclic) bond motifs is 1. The van der Waals surface area contributed by atoms with Crippen molar-refractivity contribution in [3.8, 4) is 11.5 Å². The summed E-state index contributed by atoms with van der Waals surface area (Å²) in [5.41, 5.74) is 0.385. The van der Waals surface area contributed by atoms with E-state index in [1.54, 1.807) is 26.2 Å². The first-order chi connectivity index (χ1) is 10.2. The Labute approximate surface area is 122 Å². The molecule has 0 bridgehead atoms. The summed E-state index contributed by atoms with van der Waals surface area (Å²) in [7, 11) is 1.56. The third-order valence-electron chi connectivity index (χ3n) is 3.00. The Morgan fingerprint density at radius 2 is 2.00 bits per heavy atom. The minimum atomic E-state index is -0.472. The molecule has 5 nitrogen and oxygen atoms in total. The average molecular weight is 288 g/mol. The van der Waals surface area contributed by atoms with E-state index in [1.165, 1.54) is 0 Å². The second-order valence-corrected chi connectivity index (χ2v) is 4.28. The number of esters is 1. The van der Waals surface area contributed by atoms with E-state index in [2.05, 4.69) is 0 Å². The molecule has 0 aliphatic heterocycles. The summed E-state index contributed by atoms with van der Waals surface area (Å²) in [5.74, 6) is 0.520. The highest BCUT2D eigenvalue weighted by atomic mass is 16.6. The van der Waals surface area contributed by atoms with E-state index < -0.39 is 5.97 Å². The average Bonchev–Trinajstić information content (AvgIpc) is 2.51. The smallest absolute Gasteiger partial charge is 0.344 e. The molecule has 0 atom stereocenters. The van der Waals surface area contributed by atoms with Gasteiger partial charge in [-0.25, -0.2) is 4.79 Å². The van der Waals surface area contributed by atoms with Gasteiger partial charge >= 0.3 is 5.97 Å². The van der Waals surface area contributed by atoms with Gasteiger partial charge in [-0.15, -0.1) is 0 Å². The van der Waals surface area contributed by atoms with Gasteiger partial charge in [-0.2, -0.15) is 0 Å². The number of benzene rings is 2. The second kappa shape index (κ2) is 6.74. The monoisotopic (exact) mass is 288 g/mol. The maximum Gasteiger partial charge on any atom is 0.344 e. The van der Waals surface area contributed by atoms with Crippen molar-refractivity contribution < 1.29 is 23.8 Å². The standard InChI is InChI=1S/C16H16O5/c1-3-20-16(18)10-21-15-7-5-11-4-6-12(19-2)8-13(11)14(15)9-17/h4-9H,3,10H2,1-2H3. The van der Waals surface area contributed by atoms with Crippen LogP contribution in [0, 0.1) is 0 Å². The molecule has 110 valence electrons. The molecule has 0 amide bonds. The molecule has 21 heavy (non-hydrogen) atoms. The van der Waals surface area contributed by atoms with Gasteiger partial charge in [-0.05, 0) is 35.9 Å². The zero-order chi connectivity index (χ0) is 15.2. The van der Waals surface area contributed by atoms with Crippen molar-refractivity contribution in [2.24, 2.45) is 0 Å². The molecule has 0 radical (unpaired) electrons. The molecule has 0 aliphatic carbocycles. The van der Waals surface area contributed by atoms with Crippen molar-refractivity contribution in [3.63, 3.8) is 0 Å². The molecule has 2 aromatic carbocycles. The summed E-state index contributed by atoms with van der Waals surface area (Å²) in [4.78, 5) is 22.7. The lowest BCUT2D eigenvalue weighted by molar-refractivity contribution is -0.145. The molecular formula is C16H16O5. The molecule has 0 spiro atoms. The quantitative estimate of drug-likeness (QED) is 0.604. The van der Waals surface area contributed by atoms with Crippen molar-refractivity contribution in [3.05, 3.63) is 35.9 Å². The number of carbonyl (C=O) groups excluding carboxylic acids is 2. The molecule has 0 N–H and O–H groups in total. The summed E-state index contributed by atoms with van der Waals surface area (Å²) >= 11 is 0. The number of carbonyl (C=O) groups is 2. The predicted octanol–water partition coefficient (Wildman–Crippen LogP) is 2.60. The Kier molecular flexibility index (Phi) is 4.77. The normalized spacial score (nSPS) is 10.2. The Bertz CT molecular complexity index is 663. The maximum absolute atomic E-state index is 11.4. The zero-order valence-corrected chi connectivity index (χ0v) is 11.9. The largest absolute Gasteiger partial charge is 0.497 e. The van der Waals surface area contributed by atoms with Gasteiger partial charge in [0.1, 0.15) is 11.5 Å². The third-order valence-corrected chi connectivity index (χ3v) is 3.00. The van der Waals surface area contributed by atoms with E-state index in [0.717, 1.165) is 5.39 Å². The van der Waals surface area contributed by atoms with Crippen LogP contribution < -0.4 is 9.47 Å². The molecule has 2 aromatic rings. The Morgan fingerprint density at radius 1 is 1.24 bits per heavy atom. The van der Waals surface area contributed by atoms with Crippen molar-refractivity contribution in [2.75, 3.05) is 20.3 Å². The lowest BCUT2D eigenvalue weighted by atomic mass is 10.0. The fourth-order valence-corrected chi connectivity index (χ4v) is 2.02. The molecule has 5 heteroatoms. The van der Waals surface area contributed by atoms with Gasteiger partial charge in [-0.1, -0.05) is 12.1 Å². The first-order valence-corrected chi connectivity index (χ1v) is 6.54. The van der Waals surface area contributed by atoms with Crippen LogP contribution in [0.4, 0.5) is 0 Å². The van der Waals surface area contributed by atoms with Gasteiger partial charge in [0.05, 0.1) is 19.3 Å². The molecular weight excluding hydrogens is 272 g/mol. The number of aldehydes is 1. The SMILES string of the molecule is CCOC(=O)COc1ccc2ccc(OC)cc2c1C=O. The van der Waals surface area contributed by atoms with Gasteiger partial charge in [0.25, 0.3) is 0 Å². The molecule has 2 rings (SSSR count). The molecule has 0 saturated carbocycles. The predicted molar refractivity (Wildman–Crippen MR) is 78.0 cm³/mol. The fourth-order valence-electron chi connectivity index (χ4n) is 2.02. The van der Waals surface area contributed by atoms with Crippen LogP contribution in [0.1, 0.15) is 17.3 Å². The highest BCUT2D eigenvalue weighted by molar-refractivity contribution is 6.01. The lowest BCUT2D eigenvalue weighted by Gasteiger charge is -2.11. The van der Waals surface area contributed by atoms with Crippen molar-refractivity contribution in [2.45, 2.75) is 6.92 Å². The van der Waals surface area contributed by atoms with Crippen molar-refractivity contribution in [1.82, 2.24) is 0 Å². The summed E-state index contributed by atoms with van der Waals surface area (Å²) < 4.78 is 15.3. The van der Waals surface area contributed by atoms with Crippen LogP contribution >= 0.6 is 0 Å². The van der Waals surface area contributed by atoms with Crippen LogP contribution in [0.5, 0.6) is 11.5 Å². The first-order valence-electron chi connectivity index (χ1n) is 6.54. The number of ether oxygens (including phenoxy) is 3. The molecule has 0 aliphatic rings. The second-order valence-electron chi connectivity index (χ2n) is 4.28. The number of rotatable bonds is 6. The van der Waals surface area contributed by atoms with E-state index >= 15 is 0 Å². The Balaban J connectivity index is 2.35. The fraction of sp³-hybridized carbons (Fsp3) is 0.250. The van der Waals surface area contributed by atoms with Crippen LogP contribution in [0.15, 0.2) is 30.3 Å². The van der Waals surface area contributed by atoms with Crippen LogP contribution in [0.3, 0.4) is 0 Å². The Morgan fingerprint density at radius 3 is 2.67 bits per heavy atom. The summed E-state index contributed by atoms with van der Waals surface area (Å²) in [6, 6.07) is 8.92. The maximum atomic E-state index is 11.4. The molecule has 0 aromatic heterocycles. The van der Waals surface area contributed by atoms with Gasteiger partial charge < -0.3 is 14.2 Å². The number of hydrogen-bond donors (Lipinski definition) is 0. The highest BCUT2D eigenvalue weighted by Gasteiger charge is 2.11. The van der Waals surface area contributed by atoms with Gasteiger partial charge in [0.2, 0.25) is 0 Å². The summed E-state index contributed by atoms with van der Waals surface area (Å²) in [6.07, 6.45) is 0.711. The minimum Gasteiger partial charge on any atom is -0.497 e. The van der Waals surface area contributed by atoms with Gasteiger partial charge in [0, 0.05) is 0 Å². The Hall–Kier alpha value is -2.56. The van der Waals surface area contributed by atoms with Crippen LogP contribution in [-0.2, 0) is 9.53 Å². The number of methoxy groups -OCH3 is 1. The summed E-state index contributed by atoms with van der Waals surface area (Å²) in [6.45, 7) is 1.78. The first kappa shape index (κ1) is 14.8. The molecule has 0 fully saturated rings. The van der Waals surface area contributed by atoms with E-state index in [1.807, 2.05) is 18.2 Å². The molecule has 0 heterocycles. The topological polar surface area (TPSA) is 61.8 Å². The van der Waals surface area contributed by atoms with Crippen molar-refractivity contribution >= 4 is 23.0 Å². The van der Waals surface area contributed by atoms with Gasteiger partial charge in [0.15, 0.2) is 12.9 Å². The minimum absolute atomic E-state index is 0.232. The van der Waals surface area contributed by atoms with E-state index in [0.29, 0.717) is 28.7 Å². The van der Waals surface area contributed by atoms with Gasteiger partial charge in [-0.3, -0.25) is 4.79 Å². The van der Waals surface area contributed by atoms with Crippen LogP contribution in [0.25, 0.3) is 10.8 Å².